The van der Waals surface area contributed by atoms with E-state index in [0.717, 1.165) is 29.3 Å². The zero-order chi connectivity index (χ0) is 19.0. The third-order valence-electron chi connectivity index (χ3n) is 3.57. The van der Waals surface area contributed by atoms with Gasteiger partial charge in [-0.25, -0.2) is 5.01 Å². The van der Waals surface area contributed by atoms with Gasteiger partial charge in [0.2, 0.25) is 0 Å². The molecule has 2 N–H and O–H groups in total. The van der Waals surface area contributed by atoms with E-state index in [1.54, 1.807) is 0 Å². The Labute approximate surface area is 156 Å². The van der Waals surface area contributed by atoms with E-state index in [-0.39, 0.29) is 38.3 Å². The van der Waals surface area contributed by atoms with Crippen molar-refractivity contribution in [3.05, 3.63) is 67.7 Å². The standard InChI is InChI=1S/C16H9Cl2N3O5/c17-12-3-1-9(7-13(12)18)20-16(24)11(15(23)19-20)6-8-5-10(21(25)26)2-4-14(8)22/h1-7,22H,(H,19,23)/b11-6+. The van der Waals surface area contributed by atoms with Crippen LogP contribution in [-0.2, 0) is 9.59 Å². The molecule has 2 amide bonds. The molecule has 0 radical (unpaired) electrons. The second-order valence-electron chi connectivity index (χ2n) is 5.24. The van der Waals surface area contributed by atoms with E-state index in [1.807, 2.05) is 0 Å². The fourth-order valence-corrected chi connectivity index (χ4v) is 2.58. The van der Waals surface area contributed by atoms with E-state index >= 15 is 0 Å². The number of hydrazine groups is 1. The minimum atomic E-state index is -0.730. The Morgan fingerprint density at radius 1 is 1.12 bits per heavy atom. The fraction of sp³-hybridized carbons (Fsp3) is 0. The van der Waals surface area contributed by atoms with E-state index in [4.69, 9.17) is 23.2 Å². The molecule has 0 aliphatic carbocycles. The van der Waals surface area contributed by atoms with Crippen molar-refractivity contribution >= 4 is 52.5 Å². The van der Waals surface area contributed by atoms with Gasteiger partial charge in [-0.05, 0) is 30.3 Å². The minimum Gasteiger partial charge on any atom is -0.507 e. The first-order valence-corrected chi connectivity index (χ1v) is 7.83. The maximum absolute atomic E-state index is 12.5. The summed E-state index contributed by atoms with van der Waals surface area (Å²) in [6.07, 6.45) is 1.08. The van der Waals surface area contributed by atoms with Crippen LogP contribution in [0.2, 0.25) is 10.0 Å². The van der Waals surface area contributed by atoms with Gasteiger partial charge in [0.1, 0.15) is 11.3 Å². The lowest BCUT2D eigenvalue weighted by molar-refractivity contribution is -0.384. The van der Waals surface area contributed by atoms with Crippen LogP contribution in [0.25, 0.3) is 6.08 Å². The number of carbonyl (C=O) groups excluding carboxylic acids is 2. The summed E-state index contributed by atoms with van der Waals surface area (Å²) in [5.41, 5.74) is 2.01. The van der Waals surface area contributed by atoms with Gasteiger partial charge in [0.25, 0.3) is 17.5 Å². The number of nitro benzene ring substituents is 1. The molecule has 1 aliphatic heterocycles. The normalized spacial score (nSPS) is 15.5. The minimum absolute atomic E-state index is 0.0336. The van der Waals surface area contributed by atoms with Crippen molar-refractivity contribution in [2.45, 2.75) is 0 Å². The number of nitro groups is 1. The summed E-state index contributed by atoms with van der Waals surface area (Å²) < 4.78 is 0. The van der Waals surface area contributed by atoms with Crippen molar-refractivity contribution < 1.29 is 19.6 Å². The van der Waals surface area contributed by atoms with Crippen LogP contribution in [0, 0.1) is 10.1 Å². The van der Waals surface area contributed by atoms with Crippen LogP contribution < -0.4 is 10.4 Å². The predicted molar refractivity (Wildman–Crippen MR) is 94.8 cm³/mol. The van der Waals surface area contributed by atoms with Gasteiger partial charge in [-0.15, -0.1) is 0 Å². The van der Waals surface area contributed by atoms with E-state index in [1.165, 1.54) is 18.2 Å². The number of anilines is 1. The molecular formula is C16H9Cl2N3O5. The summed E-state index contributed by atoms with van der Waals surface area (Å²) in [4.78, 5) is 34.9. The Kier molecular flexibility index (Phi) is 4.54. The molecule has 0 bridgehead atoms. The van der Waals surface area contributed by atoms with Crippen LogP contribution in [0.4, 0.5) is 11.4 Å². The number of rotatable bonds is 3. The molecule has 0 aromatic heterocycles. The molecular weight excluding hydrogens is 385 g/mol. The molecule has 0 unspecified atom stereocenters. The highest BCUT2D eigenvalue weighted by Crippen LogP contribution is 2.30. The van der Waals surface area contributed by atoms with Gasteiger partial charge in [-0.3, -0.25) is 25.1 Å². The Morgan fingerprint density at radius 3 is 2.50 bits per heavy atom. The van der Waals surface area contributed by atoms with E-state index in [0.29, 0.717) is 0 Å². The lowest BCUT2D eigenvalue weighted by Gasteiger charge is -2.15. The molecule has 1 fully saturated rings. The number of hydrogen-bond donors (Lipinski definition) is 2. The second-order valence-corrected chi connectivity index (χ2v) is 6.05. The van der Waals surface area contributed by atoms with Crippen molar-refractivity contribution in [1.82, 2.24) is 5.43 Å². The van der Waals surface area contributed by atoms with Crippen LogP contribution in [0.15, 0.2) is 42.0 Å². The average molecular weight is 394 g/mol. The molecule has 3 rings (SSSR count). The summed E-state index contributed by atoms with van der Waals surface area (Å²) in [6.45, 7) is 0. The smallest absolute Gasteiger partial charge is 0.282 e. The lowest BCUT2D eigenvalue weighted by Crippen LogP contribution is -2.35. The van der Waals surface area contributed by atoms with Crippen molar-refractivity contribution in [2.24, 2.45) is 0 Å². The molecule has 2 aromatic rings. The molecule has 0 atom stereocenters. The summed E-state index contributed by atoms with van der Waals surface area (Å²) in [5, 5.41) is 22.1. The Bertz CT molecular complexity index is 990. The number of benzene rings is 2. The fourth-order valence-electron chi connectivity index (χ4n) is 2.29. The van der Waals surface area contributed by atoms with Crippen molar-refractivity contribution in [1.29, 1.82) is 0 Å². The van der Waals surface area contributed by atoms with Crippen LogP contribution in [-0.4, -0.2) is 21.8 Å². The van der Waals surface area contributed by atoms with Gasteiger partial charge >= 0.3 is 0 Å². The van der Waals surface area contributed by atoms with Gasteiger partial charge < -0.3 is 5.11 Å². The SMILES string of the molecule is O=C1NN(c2ccc(Cl)c(Cl)c2)C(=O)/C1=C/c1cc([N+](=O)[O-])ccc1O. The monoisotopic (exact) mass is 393 g/mol. The molecule has 26 heavy (non-hydrogen) atoms. The number of phenolic OH excluding ortho intramolecular Hbond substituents is 1. The average Bonchev–Trinajstić information content (AvgIpc) is 2.87. The lowest BCUT2D eigenvalue weighted by atomic mass is 10.1. The first-order chi connectivity index (χ1) is 12.3. The first-order valence-electron chi connectivity index (χ1n) is 7.07. The number of halogens is 2. The molecule has 10 heteroatoms. The molecule has 8 nitrogen and oxygen atoms in total. The van der Waals surface area contributed by atoms with Crippen LogP contribution >= 0.6 is 23.2 Å². The first kappa shape index (κ1) is 17.7. The Hall–Kier alpha value is -3.10. The highest BCUT2D eigenvalue weighted by atomic mass is 35.5. The summed E-state index contributed by atoms with van der Waals surface area (Å²) in [5.74, 6) is -1.75. The molecule has 1 saturated heterocycles. The quantitative estimate of drug-likeness (QED) is 0.360. The molecule has 0 saturated carbocycles. The number of nitrogens with zero attached hydrogens (tertiary/aromatic N) is 2. The number of carbonyl (C=O) groups is 2. The van der Waals surface area contributed by atoms with Crippen molar-refractivity contribution in [2.75, 3.05) is 5.01 Å². The summed E-state index contributed by atoms with van der Waals surface area (Å²) >= 11 is 11.7. The number of nitrogens with one attached hydrogen (secondary N) is 1. The van der Waals surface area contributed by atoms with E-state index < -0.39 is 16.7 Å². The van der Waals surface area contributed by atoms with Crippen LogP contribution in [0.1, 0.15) is 5.56 Å². The van der Waals surface area contributed by atoms with Gasteiger partial charge in [-0.2, -0.15) is 0 Å². The van der Waals surface area contributed by atoms with Gasteiger partial charge in [0.05, 0.1) is 20.7 Å². The molecule has 0 spiro atoms. The molecule has 132 valence electrons. The van der Waals surface area contributed by atoms with Gasteiger partial charge in [0.15, 0.2) is 0 Å². The van der Waals surface area contributed by atoms with E-state index in [2.05, 4.69) is 5.43 Å². The number of hydrogen-bond acceptors (Lipinski definition) is 5. The van der Waals surface area contributed by atoms with Gasteiger partial charge in [0, 0.05) is 17.7 Å². The van der Waals surface area contributed by atoms with E-state index in [9.17, 15) is 24.8 Å². The van der Waals surface area contributed by atoms with Crippen molar-refractivity contribution in [3.8, 4) is 5.75 Å². The number of aromatic hydroxyl groups is 1. The molecule has 1 heterocycles. The topological polar surface area (TPSA) is 113 Å². The number of phenols is 1. The maximum Gasteiger partial charge on any atom is 0.282 e. The van der Waals surface area contributed by atoms with Crippen LogP contribution in [0.3, 0.4) is 0 Å². The van der Waals surface area contributed by atoms with Crippen LogP contribution in [0.5, 0.6) is 5.75 Å². The van der Waals surface area contributed by atoms with Crippen molar-refractivity contribution in [3.63, 3.8) is 0 Å². The Morgan fingerprint density at radius 2 is 1.85 bits per heavy atom. The molecule has 2 aromatic carbocycles. The zero-order valence-corrected chi connectivity index (χ0v) is 14.3. The maximum atomic E-state index is 12.5. The third-order valence-corrected chi connectivity index (χ3v) is 4.31. The summed E-state index contributed by atoms with van der Waals surface area (Å²) in [7, 11) is 0. The van der Waals surface area contributed by atoms with Gasteiger partial charge in [-0.1, -0.05) is 23.2 Å². The molecule has 1 aliphatic rings. The third kappa shape index (κ3) is 3.19. The zero-order valence-electron chi connectivity index (χ0n) is 12.8. The second kappa shape index (κ2) is 6.66. The predicted octanol–water partition coefficient (Wildman–Crippen LogP) is 3.07. The largest absolute Gasteiger partial charge is 0.507 e. The number of non-ortho nitro benzene ring substituents is 1. The summed E-state index contributed by atoms with van der Waals surface area (Å²) in [6, 6.07) is 7.63. The number of amides is 2. The highest BCUT2D eigenvalue weighted by Gasteiger charge is 2.35. The highest BCUT2D eigenvalue weighted by molar-refractivity contribution is 6.42. The Balaban J connectivity index is 1.99.